The van der Waals surface area contributed by atoms with Crippen LogP contribution in [0.5, 0.6) is 0 Å². The summed E-state index contributed by atoms with van der Waals surface area (Å²) in [6.45, 7) is 2.11. The fourth-order valence-electron chi connectivity index (χ4n) is 2.26. The number of nitrogens with one attached hydrogen (secondary N) is 1. The molecule has 2 heterocycles. The molecule has 0 saturated carbocycles. The Hall–Kier alpha value is -1.23. The van der Waals surface area contributed by atoms with Gasteiger partial charge in [-0.1, -0.05) is 6.07 Å². The largest absolute Gasteiger partial charge is 0.309 e. The zero-order chi connectivity index (χ0) is 13.4. The average Bonchev–Trinajstić information content (AvgIpc) is 2.96. The van der Waals surface area contributed by atoms with Crippen molar-refractivity contribution in [3.8, 4) is 0 Å². The molecular formula is C15H14FNS2. The summed E-state index contributed by atoms with van der Waals surface area (Å²) in [6, 6.07) is 9.50. The number of aryl methyl sites for hydroxylation is 1. The second-order valence-electron chi connectivity index (χ2n) is 4.54. The van der Waals surface area contributed by atoms with Gasteiger partial charge in [-0.25, -0.2) is 4.39 Å². The molecule has 3 aromatic rings. The minimum Gasteiger partial charge on any atom is -0.309 e. The first-order valence-corrected chi connectivity index (χ1v) is 7.78. The van der Waals surface area contributed by atoms with Gasteiger partial charge in [0.05, 0.1) is 6.04 Å². The monoisotopic (exact) mass is 291 g/mol. The lowest BCUT2D eigenvalue weighted by Gasteiger charge is -2.12. The Kier molecular flexibility index (Phi) is 3.39. The molecule has 0 saturated heterocycles. The van der Waals surface area contributed by atoms with Crippen molar-refractivity contribution in [3.63, 3.8) is 0 Å². The summed E-state index contributed by atoms with van der Waals surface area (Å²) in [5, 5.41) is 6.63. The number of hydrogen-bond donors (Lipinski definition) is 1. The van der Waals surface area contributed by atoms with Crippen molar-refractivity contribution in [2.45, 2.75) is 13.0 Å². The van der Waals surface area contributed by atoms with Crippen molar-refractivity contribution in [1.29, 1.82) is 0 Å². The molecule has 1 unspecified atom stereocenters. The number of fused-ring (bicyclic) bond motifs is 1. The lowest BCUT2D eigenvalue weighted by Crippen LogP contribution is -2.15. The summed E-state index contributed by atoms with van der Waals surface area (Å²) in [6.07, 6.45) is 0. The number of benzene rings is 1. The normalized spacial score (nSPS) is 13.0. The maximum atomic E-state index is 13.2. The molecule has 1 nitrogen and oxygen atoms in total. The Labute approximate surface area is 119 Å². The summed E-state index contributed by atoms with van der Waals surface area (Å²) in [4.78, 5) is 2.53. The average molecular weight is 291 g/mol. The molecule has 98 valence electrons. The van der Waals surface area contributed by atoms with E-state index in [1.54, 1.807) is 28.7 Å². The summed E-state index contributed by atoms with van der Waals surface area (Å²) >= 11 is 3.41. The molecule has 0 fully saturated rings. The van der Waals surface area contributed by atoms with Crippen molar-refractivity contribution in [1.82, 2.24) is 5.32 Å². The highest BCUT2D eigenvalue weighted by atomic mass is 32.1. The minimum atomic E-state index is -0.173. The predicted octanol–water partition coefficient (Wildman–Crippen LogP) is 4.72. The van der Waals surface area contributed by atoms with Gasteiger partial charge in [-0.15, -0.1) is 22.7 Å². The summed E-state index contributed by atoms with van der Waals surface area (Å²) in [7, 11) is 1.96. The Morgan fingerprint density at radius 3 is 2.74 bits per heavy atom. The standard InChI is InChI=1S/C15H14FNS2/c1-9-5-11(8-18-9)15(17-2)14-6-10-3-4-12(16)7-13(10)19-14/h3-8,15,17H,1-2H3. The van der Waals surface area contributed by atoms with E-state index in [0.717, 1.165) is 10.1 Å². The van der Waals surface area contributed by atoms with Crippen LogP contribution in [0.25, 0.3) is 10.1 Å². The van der Waals surface area contributed by atoms with E-state index in [9.17, 15) is 4.39 Å². The Bertz CT molecular complexity index is 714. The predicted molar refractivity (Wildman–Crippen MR) is 81.7 cm³/mol. The molecular weight excluding hydrogens is 277 g/mol. The number of hydrogen-bond acceptors (Lipinski definition) is 3. The van der Waals surface area contributed by atoms with Crippen LogP contribution in [-0.4, -0.2) is 7.05 Å². The van der Waals surface area contributed by atoms with Gasteiger partial charge in [0.2, 0.25) is 0 Å². The van der Waals surface area contributed by atoms with E-state index in [-0.39, 0.29) is 11.9 Å². The number of thiophene rings is 2. The van der Waals surface area contributed by atoms with Gasteiger partial charge in [-0.05, 0) is 54.6 Å². The molecule has 1 N–H and O–H groups in total. The van der Waals surface area contributed by atoms with Crippen molar-refractivity contribution in [3.05, 3.63) is 56.8 Å². The van der Waals surface area contributed by atoms with Gasteiger partial charge in [0.1, 0.15) is 5.82 Å². The molecule has 0 aliphatic heterocycles. The van der Waals surface area contributed by atoms with Crippen molar-refractivity contribution < 1.29 is 4.39 Å². The Morgan fingerprint density at radius 1 is 1.21 bits per heavy atom. The number of halogens is 1. The molecule has 0 aliphatic carbocycles. The summed E-state index contributed by atoms with van der Waals surface area (Å²) < 4.78 is 14.2. The minimum absolute atomic E-state index is 0.173. The molecule has 3 rings (SSSR count). The molecule has 0 spiro atoms. The first-order valence-electron chi connectivity index (χ1n) is 6.08. The van der Waals surface area contributed by atoms with E-state index in [2.05, 4.69) is 29.8 Å². The second kappa shape index (κ2) is 5.04. The maximum Gasteiger partial charge on any atom is 0.124 e. The van der Waals surface area contributed by atoms with Crippen molar-refractivity contribution in [2.24, 2.45) is 0 Å². The Morgan fingerprint density at radius 2 is 2.05 bits per heavy atom. The van der Waals surface area contributed by atoms with Crippen LogP contribution in [0.4, 0.5) is 4.39 Å². The van der Waals surface area contributed by atoms with Gasteiger partial charge in [0.15, 0.2) is 0 Å². The van der Waals surface area contributed by atoms with Crippen LogP contribution in [0.15, 0.2) is 35.7 Å². The Balaban J connectivity index is 2.06. The highest BCUT2D eigenvalue weighted by Gasteiger charge is 2.16. The zero-order valence-electron chi connectivity index (χ0n) is 10.7. The fourth-order valence-corrected chi connectivity index (χ4v) is 4.21. The third-order valence-electron chi connectivity index (χ3n) is 3.16. The summed E-state index contributed by atoms with van der Waals surface area (Å²) in [5.41, 5.74) is 1.28. The second-order valence-corrected chi connectivity index (χ2v) is 6.77. The first kappa shape index (κ1) is 12.8. The van der Waals surface area contributed by atoms with Gasteiger partial charge < -0.3 is 5.32 Å². The molecule has 19 heavy (non-hydrogen) atoms. The molecule has 0 amide bonds. The third kappa shape index (κ3) is 2.43. The van der Waals surface area contributed by atoms with Crippen LogP contribution >= 0.6 is 22.7 Å². The fraction of sp³-hybridized carbons (Fsp3) is 0.200. The molecule has 0 bridgehead atoms. The van der Waals surface area contributed by atoms with Crippen LogP contribution < -0.4 is 5.32 Å². The molecule has 2 aromatic heterocycles. The van der Waals surface area contributed by atoms with E-state index < -0.39 is 0 Å². The summed E-state index contributed by atoms with van der Waals surface area (Å²) in [5.74, 6) is -0.173. The molecule has 1 aromatic carbocycles. The quantitative estimate of drug-likeness (QED) is 0.736. The third-order valence-corrected chi connectivity index (χ3v) is 5.20. The number of rotatable bonds is 3. The van der Waals surface area contributed by atoms with Gasteiger partial charge in [0.25, 0.3) is 0 Å². The van der Waals surface area contributed by atoms with E-state index in [1.165, 1.54) is 21.4 Å². The highest BCUT2D eigenvalue weighted by molar-refractivity contribution is 7.19. The van der Waals surface area contributed by atoms with Crippen LogP contribution in [0.1, 0.15) is 21.4 Å². The molecule has 0 radical (unpaired) electrons. The van der Waals surface area contributed by atoms with Crippen LogP contribution in [0.2, 0.25) is 0 Å². The smallest absolute Gasteiger partial charge is 0.124 e. The highest BCUT2D eigenvalue weighted by Crippen LogP contribution is 2.34. The SMILES string of the molecule is CNC(c1csc(C)c1)c1cc2ccc(F)cc2s1. The van der Waals surface area contributed by atoms with E-state index in [0.29, 0.717) is 0 Å². The van der Waals surface area contributed by atoms with Gasteiger partial charge in [-0.3, -0.25) is 0 Å². The van der Waals surface area contributed by atoms with E-state index >= 15 is 0 Å². The lowest BCUT2D eigenvalue weighted by atomic mass is 10.1. The van der Waals surface area contributed by atoms with Crippen molar-refractivity contribution in [2.75, 3.05) is 7.05 Å². The van der Waals surface area contributed by atoms with Crippen LogP contribution in [0, 0.1) is 12.7 Å². The van der Waals surface area contributed by atoms with Crippen molar-refractivity contribution >= 4 is 32.8 Å². The molecule has 1 atom stereocenters. The van der Waals surface area contributed by atoms with Crippen LogP contribution in [-0.2, 0) is 0 Å². The lowest BCUT2D eigenvalue weighted by molar-refractivity contribution is 0.630. The van der Waals surface area contributed by atoms with Gasteiger partial charge in [-0.2, -0.15) is 0 Å². The van der Waals surface area contributed by atoms with E-state index in [4.69, 9.17) is 0 Å². The zero-order valence-corrected chi connectivity index (χ0v) is 12.4. The van der Waals surface area contributed by atoms with Gasteiger partial charge in [0, 0.05) is 14.5 Å². The van der Waals surface area contributed by atoms with Gasteiger partial charge >= 0.3 is 0 Å². The first-order chi connectivity index (χ1) is 9.17. The maximum absolute atomic E-state index is 13.2. The topological polar surface area (TPSA) is 12.0 Å². The molecule has 0 aliphatic rings. The van der Waals surface area contributed by atoms with E-state index in [1.807, 2.05) is 13.1 Å². The molecule has 4 heteroatoms. The van der Waals surface area contributed by atoms with Crippen LogP contribution in [0.3, 0.4) is 0 Å².